The molecule has 0 aromatic carbocycles. The summed E-state index contributed by atoms with van der Waals surface area (Å²) in [5.74, 6) is -2.46. The molecule has 0 fully saturated rings. The van der Waals surface area contributed by atoms with E-state index in [1.54, 1.807) is 0 Å². The number of nitrogens with zero attached hydrogens (tertiary/aromatic N) is 1. The maximum Gasteiger partial charge on any atom is 0.309 e. The van der Waals surface area contributed by atoms with Crippen molar-refractivity contribution in [2.75, 3.05) is 5.73 Å². The van der Waals surface area contributed by atoms with Crippen LogP contribution in [0.15, 0.2) is 6.07 Å². The van der Waals surface area contributed by atoms with Gasteiger partial charge in [-0.3, -0.25) is 4.79 Å². The van der Waals surface area contributed by atoms with Crippen molar-refractivity contribution in [1.29, 1.82) is 0 Å². The highest BCUT2D eigenvalue weighted by atomic mass is 19.3. The Morgan fingerprint density at radius 3 is 2.67 bits per heavy atom. The van der Waals surface area contributed by atoms with E-state index in [1.165, 1.54) is 0 Å². The SMILES string of the molecule is Nc1cc(F)nc(CC(=O)O)c1C(F)F. The van der Waals surface area contributed by atoms with Crippen LogP contribution >= 0.6 is 0 Å². The second-order valence-corrected chi connectivity index (χ2v) is 2.77. The zero-order valence-electron chi connectivity index (χ0n) is 7.38. The average Bonchev–Trinajstić information content (AvgIpc) is 1.99. The molecule has 0 saturated heterocycles. The maximum atomic E-state index is 12.7. The minimum Gasteiger partial charge on any atom is -0.481 e. The Kier molecular flexibility index (Phi) is 3.13. The fourth-order valence-corrected chi connectivity index (χ4v) is 1.12. The van der Waals surface area contributed by atoms with E-state index in [4.69, 9.17) is 10.8 Å². The van der Waals surface area contributed by atoms with Crippen molar-refractivity contribution in [3.8, 4) is 0 Å². The molecule has 0 spiro atoms. The van der Waals surface area contributed by atoms with Gasteiger partial charge in [-0.05, 0) is 0 Å². The average molecular weight is 220 g/mol. The van der Waals surface area contributed by atoms with Crippen molar-refractivity contribution in [2.45, 2.75) is 12.8 Å². The first-order valence-corrected chi connectivity index (χ1v) is 3.86. The molecule has 0 radical (unpaired) electrons. The Morgan fingerprint density at radius 1 is 1.60 bits per heavy atom. The predicted octanol–water partition coefficient (Wildman–Crippen LogP) is 1.37. The van der Waals surface area contributed by atoms with Crippen molar-refractivity contribution in [2.24, 2.45) is 0 Å². The number of hydrogen-bond donors (Lipinski definition) is 2. The molecule has 1 heterocycles. The molecular weight excluding hydrogens is 213 g/mol. The zero-order chi connectivity index (χ0) is 11.6. The molecule has 0 atom stereocenters. The van der Waals surface area contributed by atoms with Gasteiger partial charge in [-0.1, -0.05) is 0 Å². The molecule has 15 heavy (non-hydrogen) atoms. The molecule has 1 aromatic heterocycles. The van der Waals surface area contributed by atoms with Gasteiger partial charge in [0, 0.05) is 11.8 Å². The normalized spacial score (nSPS) is 10.7. The second kappa shape index (κ2) is 4.16. The maximum absolute atomic E-state index is 12.7. The van der Waals surface area contributed by atoms with Crippen LogP contribution in [0.1, 0.15) is 17.7 Å². The Bertz CT molecular complexity index is 396. The van der Waals surface area contributed by atoms with E-state index in [9.17, 15) is 18.0 Å². The molecule has 0 aliphatic rings. The third kappa shape index (κ3) is 2.58. The summed E-state index contributed by atoms with van der Waals surface area (Å²) in [5.41, 5.74) is 3.38. The van der Waals surface area contributed by atoms with Crippen LogP contribution in [-0.2, 0) is 11.2 Å². The van der Waals surface area contributed by atoms with Crippen LogP contribution in [0.3, 0.4) is 0 Å². The Morgan fingerprint density at radius 2 is 2.20 bits per heavy atom. The summed E-state index contributed by atoms with van der Waals surface area (Å²) in [6.45, 7) is 0. The van der Waals surface area contributed by atoms with Gasteiger partial charge in [-0.2, -0.15) is 4.39 Å². The highest BCUT2D eigenvalue weighted by Gasteiger charge is 2.20. The fourth-order valence-electron chi connectivity index (χ4n) is 1.12. The molecule has 0 aliphatic carbocycles. The summed E-state index contributed by atoms with van der Waals surface area (Å²) in [4.78, 5) is 13.4. The third-order valence-electron chi connectivity index (χ3n) is 1.68. The highest BCUT2D eigenvalue weighted by molar-refractivity contribution is 5.71. The second-order valence-electron chi connectivity index (χ2n) is 2.77. The van der Waals surface area contributed by atoms with E-state index < -0.39 is 41.7 Å². The Hall–Kier alpha value is -1.79. The number of aliphatic carboxylic acids is 1. The molecule has 0 bridgehead atoms. The lowest BCUT2D eigenvalue weighted by molar-refractivity contribution is -0.136. The van der Waals surface area contributed by atoms with E-state index in [0.717, 1.165) is 0 Å². The number of nitrogens with two attached hydrogens (primary N) is 1. The summed E-state index contributed by atoms with van der Waals surface area (Å²) < 4.78 is 37.6. The van der Waals surface area contributed by atoms with Crippen LogP contribution in [0.4, 0.5) is 18.9 Å². The number of hydrogen-bond acceptors (Lipinski definition) is 3. The minimum absolute atomic E-state index is 0.492. The number of carbonyl (C=O) groups is 1. The smallest absolute Gasteiger partial charge is 0.309 e. The van der Waals surface area contributed by atoms with Crippen molar-refractivity contribution < 1.29 is 23.1 Å². The van der Waals surface area contributed by atoms with Gasteiger partial charge in [-0.25, -0.2) is 13.8 Å². The monoisotopic (exact) mass is 220 g/mol. The number of pyridine rings is 1. The molecule has 0 saturated carbocycles. The zero-order valence-corrected chi connectivity index (χ0v) is 7.38. The van der Waals surface area contributed by atoms with Crippen molar-refractivity contribution in [3.63, 3.8) is 0 Å². The molecule has 4 nitrogen and oxygen atoms in total. The summed E-state index contributed by atoms with van der Waals surface area (Å²) in [6.07, 6.45) is -3.77. The standard InChI is InChI=1S/C8H7F3N2O2/c9-5-1-3(12)7(8(10)11)4(13-5)2-6(14)15/h1,8H,2H2,(H2,12,13)(H,14,15). The summed E-state index contributed by atoms with van der Waals surface area (Å²) in [5, 5.41) is 8.41. The first kappa shape index (κ1) is 11.3. The van der Waals surface area contributed by atoms with Gasteiger partial charge in [0.2, 0.25) is 5.95 Å². The van der Waals surface area contributed by atoms with Crippen molar-refractivity contribution >= 4 is 11.7 Å². The van der Waals surface area contributed by atoms with Gasteiger partial charge in [0.1, 0.15) is 0 Å². The van der Waals surface area contributed by atoms with Gasteiger partial charge >= 0.3 is 5.97 Å². The largest absolute Gasteiger partial charge is 0.481 e. The molecule has 0 aliphatic heterocycles. The van der Waals surface area contributed by atoms with E-state index >= 15 is 0 Å². The first-order chi connectivity index (χ1) is 6.91. The molecule has 0 amide bonds. The number of carboxylic acids is 1. The first-order valence-electron chi connectivity index (χ1n) is 3.86. The van der Waals surface area contributed by atoms with Crippen molar-refractivity contribution in [1.82, 2.24) is 4.98 Å². The molecule has 82 valence electrons. The number of halogens is 3. The van der Waals surface area contributed by atoms with Crippen molar-refractivity contribution in [3.05, 3.63) is 23.3 Å². The number of nitrogen functional groups attached to an aromatic ring is 1. The summed E-state index contributed by atoms with van der Waals surface area (Å²) in [7, 11) is 0. The van der Waals surface area contributed by atoms with Gasteiger partial charge in [0.15, 0.2) is 0 Å². The number of carboxylic acid groups (broad SMARTS) is 1. The van der Waals surface area contributed by atoms with Gasteiger partial charge < -0.3 is 10.8 Å². The number of alkyl halides is 2. The summed E-state index contributed by atoms with van der Waals surface area (Å²) in [6, 6.07) is 0.632. The fraction of sp³-hybridized carbons (Fsp3) is 0.250. The molecule has 0 unspecified atom stereocenters. The van der Waals surface area contributed by atoms with Crippen LogP contribution in [0, 0.1) is 5.95 Å². The highest BCUT2D eigenvalue weighted by Crippen LogP contribution is 2.28. The molecular formula is C8H7F3N2O2. The minimum atomic E-state index is -2.98. The van der Waals surface area contributed by atoms with E-state index in [2.05, 4.69) is 4.98 Å². The van der Waals surface area contributed by atoms with Gasteiger partial charge in [0.25, 0.3) is 6.43 Å². The van der Waals surface area contributed by atoms with Gasteiger partial charge in [-0.15, -0.1) is 0 Å². The Balaban J connectivity index is 3.26. The topological polar surface area (TPSA) is 76.2 Å². The van der Waals surface area contributed by atoms with E-state index in [-0.39, 0.29) is 0 Å². The lowest BCUT2D eigenvalue weighted by atomic mass is 10.1. The van der Waals surface area contributed by atoms with Gasteiger partial charge in [0.05, 0.1) is 17.7 Å². The molecule has 7 heteroatoms. The van der Waals surface area contributed by atoms with Crippen LogP contribution in [0.2, 0.25) is 0 Å². The quantitative estimate of drug-likeness (QED) is 0.754. The Labute approximate surface area is 82.5 Å². The third-order valence-corrected chi connectivity index (χ3v) is 1.68. The molecule has 1 rings (SSSR count). The number of anilines is 1. The number of aromatic nitrogens is 1. The molecule has 1 aromatic rings. The number of rotatable bonds is 3. The predicted molar refractivity (Wildman–Crippen MR) is 44.9 cm³/mol. The summed E-state index contributed by atoms with van der Waals surface area (Å²) >= 11 is 0. The van der Waals surface area contributed by atoms with E-state index in [0.29, 0.717) is 6.07 Å². The van der Waals surface area contributed by atoms with Crippen LogP contribution in [0.25, 0.3) is 0 Å². The van der Waals surface area contributed by atoms with Crippen LogP contribution in [-0.4, -0.2) is 16.1 Å². The van der Waals surface area contributed by atoms with Crippen LogP contribution < -0.4 is 5.73 Å². The van der Waals surface area contributed by atoms with E-state index in [1.807, 2.05) is 0 Å². The lowest BCUT2D eigenvalue weighted by Crippen LogP contribution is -2.10. The molecule has 3 N–H and O–H groups in total. The lowest BCUT2D eigenvalue weighted by Gasteiger charge is -2.09. The van der Waals surface area contributed by atoms with Crippen LogP contribution in [0.5, 0.6) is 0 Å².